The van der Waals surface area contributed by atoms with Gasteiger partial charge in [-0.05, 0) is 63.0 Å². The zero-order valence-corrected chi connectivity index (χ0v) is 15.4. The van der Waals surface area contributed by atoms with Gasteiger partial charge in [0.25, 0.3) is 11.6 Å². The van der Waals surface area contributed by atoms with Crippen LogP contribution in [0.25, 0.3) is 0 Å². The van der Waals surface area contributed by atoms with Crippen LogP contribution in [0.15, 0.2) is 42.6 Å². The third-order valence-electron chi connectivity index (χ3n) is 4.83. The molecule has 3 rings (SSSR count). The normalized spacial score (nSPS) is 17.1. The molecule has 7 nitrogen and oxygen atoms in total. The molecule has 1 fully saturated rings. The first-order valence-corrected chi connectivity index (χ1v) is 9.22. The van der Waals surface area contributed by atoms with Crippen LogP contribution in [0.2, 0.25) is 0 Å². The highest BCUT2D eigenvalue weighted by atomic mass is 16.6. The van der Waals surface area contributed by atoms with Crippen LogP contribution in [0, 0.1) is 17.0 Å². The molecular formula is C20H24N4O3. The van der Waals surface area contributed by atoms with Gasteiger partial charge >= 0.3 is 0 Å². The van der Waals surface area contributed by atoms with Crippen molar-refractivity contribution in [2.24, 2.45) is 0 Å². The lowest BCUT2D eigenvalue weighted by atomic mass is 10.0. The lowest BCUT2D eigenvalue weighted by molar-refractivity contribution is -0.384. The van der Waals surface area contributed by atoms with Crippen LogP contribution in [0.1, 0.15) is 40.9 Å². The molecule has 1 aromatic carbocycles. The van der Waals surface area contributed by atoms with E-state index < -0.39 is 4.92 Å². The fourth-order valence-corrected chi connectivity index (χ4v) is 3.50. The Labute approximate surface area is 158 Å². The number of carbonyl (C=O) groups is 1. The van der Waals surface area contributed by atoms with Crippen LogP contribution >= 0.6 is 0 Å². The first-order chi connectivity index (χ1) is 13.0. The summed E-state index contributed by atoms with van der Waals surface area (Å²) in [5.74, 6) is -0.181. The van der Waals surface area contributed by atoms with E-state index in [4.69, 9.17) is 0 Å². The lowest BCUT2D eigenvalue weighted by Gasteiger charge is -2.31. The molecule has 1 atom stereocenters. The van der Waals surface area contributed by atoms with Gasteiger partial charge in [0.05, 0.1) is 17.2 Å². The van der Waals surface area contributed by atoms with Crippen molar-refractivity contribution in [1.82, 2.24) is 15.2 Å². The molecule has 2 heterocycles. The Balaban J connectivity index is 1.93. The molecule has 1 amide bonds. The molecule has 1 aliphatic heterocycles. The summed E-state index contributed by atoms with van der Waals surface area (Å²) >= 11 is 0. The molecule has 0 spiro atoms. The Bertz CT molecular complexity index is 802. The van der Waals surface area contributed by atoms with Crippen LogP contribution in [-0.2, 0) is 6.54 Å². The zero-order chi connectivity index (χ0) is 19.2. The summed E-state index contributed by atoms with van der Waals surface area (Å²) in [6.07, 6.45) is 4.46. The Kier molecular flexibility index (Phi) is 6.13. The molecule has 2 aromatic rings. The van der Waals surface area contributed by atoms with Gasteiger partial charge in [-0.25, -0.2) is 0 Å². The van der Waals surface area contributed by atoms with Crippen molar-refractivity contribution in [3.05, 3.63) is 69.5 Å². The molecule has 1 aromatic heterocycles. The van der Waals surface area contributed by atoms with E-state index in [-0.39, 0.29) is 17.6 Å². The van der Waals surface area contributed by atoms with Crippen LogP contribution in [0.3, 0.4) is 0 Å². The highest BCUT2D eigenvalue weighted by molar-refractivity contribution is 5.95. The zero-order valence-electron chi connectivity index (χ0n) is 15.4. The first kappa shape index (κ1) is 19.0. The quantitative estimate of drug-likeness (QED) is 0.647. The van der Waals surface area contributed by atoms with Gasteiger partial charge in [0.1, 0.15) is 0 Å². The fraction of sp³-hybridized carbons (Fsp3) is 0.400. The highest BCUT2D eigenvalue weighted by Crippen LogP contribution is 2.23. The van der Waals surface area contributed by atoms with E-state index in [1.165, 1.54) is 12.1 Å². The predicted octanol–water partition coefficient (Wildman–Crippen LogP) is 3.08. The van der Waals surface area contributed by atoms with Gasteiger partial charge < -0.3 is 10.2 Å². The summed E-state index contributed by atoms with van der Waals surface area (Å²) in [7, 11) is 0. The van der Waals surface area contributed by atoms with E-state index in [1.807, 2.05) is 23.1 Å². The largest absolute Gasteiger partial charge is 0.330 e. The second-order valence-corrected chi connectivity index (χ2v) is 6.90. The van der Waals surface area contributed by atoms with E-state index in [0.29, 0.717) is 17.7 Å². The maximum absolute atomic E-state index is 13.3. The number of aromatic nitrogens is 1. The first-order valence-electron chi connectivity index (χ1n) is 9.22. The number of nitrogens with one attached hydrogen (secondary N) is 1. The third kappa shape index (κ3) is 4.89. The maximum atomic E-state index is 13.3. The van der Waals surface area contributed by atoms with E-state index in [9.17, 15) is 14.9 Å². The summed E-state index contributed by atoms with van der Waals surface area (Å²) in [5, 5.41) is 14.6. The van der Waals surface area contributed by atoms with Crippen LogP contribution in [-0.4, -0.2) is 39.8 Å². The second-order valence-electron chi connectivity index (χ2n) is 6.90. The highest BCUT2D eigenvalue weighted by Gasteiger charge is 2.27. The average molecular weight is 368 g/mol. The maximum Gasteiger partial charge on any atom is 0.270 e. The number of non-ortho nitro benzene ring substituents is 1. The molecule has 7 heteroatoms. The Morgan fingerprint density at radius 2 is 2.15 bits per heavy atom. The minimum absolute atomic E-state index is 0.0568. The van der Waals surface area contributed by atoms with Gasteiger partial charge in [0, 0.05) is 29.9 Å². The number of amides is 1. The third-order valence-corrected chi connectivity index (χ3v) is 4.83. The minimum Gasteiger partial charge on any atom is -0.330 e. The van der Waals surface area contributed by atoms with Gasteiger partial charge in [-0.15, -0.1) is 0 Å². The van der Waals surface area contributed by atoms with Crippen molar-refractivity contribution in [2.75, 3.05) is 13.1 Å². The lowest BCUT2D eigenvalue weighted by Crippen LogP contribution is -2.40. The number of nitrogens with zero attached hydrogens (tertiary/aromatic N) is 3. The molecule has 0 aliphatic carbocycles. The monoisotopic (exact) mass is 368 g/mol. The molecule has 1 unspecified atom stereocenters. The van der Waals surface area contributed by atoms with Gasteiger partial charge in [-0.2, -0.15) is 0 Å². The summed E-state index contributed by atoms with van der Waals surface area (Å²) < 4.78 is 0. The Hall–Kier alpha value is -2.80. The van der Waals surface area contributed by atoms with E-state index in [1.54, 1.807) is 19.2 Å². The van der Waals surface area contributed by atoms with E-state index in [0.717, 1.165) is 38.0 Å². The molecule has 0 saturated carbocycles. The topological polar surface area (TPSA) is 88.4 Å². The van der Waals surface area contributed by atoms with Gasteiger partial charge in [0.2, 0.25) is 0 Å². The summed E-state index contributed by atoms with van der Waals surface area (Å²) in [5.41, 5.74) is 1.81. The number of rotatable bonds is 5. The Morgan fingerprint density at radius 1 is 1.30 bits per heavy atom. The van der Waals surface area contributed by atoms with Crippen LogP contribution in [0.4, 0.5) is 5.69 Å². The molecule has 1 N–H and O–H groups in total. The van der Waals surface area contributed by atoms with Gasteiger partial charge in [-0.3, -0.25) is 19.9 Å². The molecule has 142 valence electrons. The second kappa shape index (κ2) is 8.73. The molecule has 1 aliphatic rings. The van der Waals surface area contributed by atoms with Crippen molar-refractivity contribution < 1.29 is 9.72 Å². The van der Waals surface area contributed by atoms with Crippen molar-refractivity contribution in [2.45, 2.75) is 38.8 Å². The van der Waals surface area contributed by atoms with Crippen LogP contribution in [0.5, 0.6) is 0 Å². The number of pyridine rings is 1. The van der Waals surface area contributed by atoms with Crippen molar-refractivity contribution in [1.29, 1.82) is 0 Å². The van der Waals surface area contributed by atoms with Crippen molar-refractivity contribution in [3.8, 4) is 0 Å². The van der Waals surface area contributed by atoms with E-state index in [2.05, 4.69) is 10.3 Å². The van der Waals surface area contributed by atoms with Crippen molar-refractivity contribution >= 4 is 11.6 Å². The molecular weight excluding hydrogens is 344 g/mol. The summed E-state index contributed by atoms with van der Waals surface area (Å²) in [6.45, 7) is 3.96. The van der Waals surface area contributed by atoms with Gasteiger partial charge in [0.15, 0.2) is 0 Å². The van der Waals surface area contributed by atoms with Crippen LogP contribution < -0.4 is 5.32 Å². The number of aryl methyl sites for hydroxylation is 1. The molecule has 27 heavy (non-hydrogen) atoms. The number of carbonyl (C=O) groups excluding carboxylic acids is 1. The minimum atomic E-state index is -0.456. The number of nitro benzene ring substituents is 1. The number of benzene rings is 1. The molecule has 1 saturated heterocycles. The summed E-state index contributed by atoms with van der Waals surface area (Å²) in [6, 6.07) is 10.3. The van der Waals surface area contributed by atoms with E-state index >= 15 is 0 Å². The molecule has 0 radical (unpaired) electrons. The SMILES string of the molecule is Cc1cc(C(=O)N(Cc2ccccn2)C2CCCNCC2)cc([N+](=O)[O-])c1. The smallest absolute Gasteiger partial charge is 0.270 e. The standard InChI is InChI=1S/C20H24N4O3/c1-15-11-16(13-19(12-15)24(26)27)20(25)23(14-17-5-2-3-9-22-17)18-6-4-8-21-10-7-18/h2-3,5,9,11-13,18,21H,4,6-8,10,14H2,1H3. The average Bonchev–Trinajstić information content (AvgIpc) is 2.95. The predicted molar refractivity (Wildman–Crippen MR) is 102 cm³/mol. The molecule has 0 bridgehead atoms. The van der Waals surface area contributed by atoms with Gasteiger partial charge in [-0.1, -0.05) is 6.07 Å². The number of hydrogen-bond acceptors (Lipinski definition) is 5. The number of nitro groups is 1. The fourth-order valence-electron chi connectivity index (χ4n) is 3.50. The summed E-state index contributed by atoms with van der Waals surface area (Å²) in [4.78, 5) is 30.3. The number of hydrogen-bond donors (Lipinski definition) is 1. The van der Waals surface area contributed by atoms with Crippen molar-refractivity contribution in [3.63, 3.8) is 0 Å². The Morgan fingerprint density at radius 3 is 2.89 bits per heavy atom.